The highest BCUT2D eigenvalue weighted by Crippen LogP contribution is 2.12. The number of hydrogen-bond donors (Lipinski definition) is 2. The van der Waals surface area contributed by atoms with E-state index in [1.54, 1.807) is 19.4 Å². The maximum absolute atomic E-state index is 5.51. The van der Waals surface area contributed by atoms with Crippen molar-refractivity contribution in [2.45, 2.75) is 18.9 Å². The number of anilines is 1. The minimum atomic E-state index is 0.277. The van der Waals surface area contributed by atoms with Gasteiger partial charge in [0.2, 0.25) is 5.88 Å². The molecule has 0 aliphatic carbocycles. The molecular formula is C12H17N3O2S. The summed E-state index contributed by atoms with van der Waals surface area (Å²) in [6.45, 7) is 1.60. The molecule has 0 aromatic carbocycles. The van der Waals surface area contributed by atoms with Gasteiger partial charge in [-0.3, -0.25) is 0 Å². The molecule has 0 unspecified atom stereocenters. The second-order valence-corrected chi connectivity index (χ2v) is 4.47. The predicted molar refractivity (Wildman–Crippen MR) is 74.0 cm³/mol. The molecule has 2 N–H and O–H groups in total. The number of thiocarbonyl (C=S) groups is 1. The molecule has 1 aliphatic rings. The Morgan fingerprint density at radius 3 is 3.11 bits per heavy atom. The maximum Gasteiger partial charge on any atom is 0.213 e. The van der Waals surface area contributed by atoms with Gasteiger partial charge in [-0.05, 0) is 31.1 Å². The van der Waals surface area contributed by atoms with Crippen molar-refractivity contribution in [3.63, 3.8) is 0 Å². The van der Waals surface area contributed by atoms with Gasteiger partial charge in [-0.25, -0.2) is 4.98 Å². The average Bonchev–Trinajstić information content (AvgIpc) is 2.90. The molecule has 0 saturated carbocycles. The Balaban J connectivity index is 1.75. The molecule has 5 nitrogen and oxygen atoms in total. The van der Waals surface area contributed by atoms with Gasteiger partial charge in [0.15, 0.2) is 5.11 Å². The van der Waals surface area contributed by atoms with E-state index in [0.717, 1.165) is 31.7 Å². The Kier molecular flexibility index (Phi) is 4.72. The van der Waals surface area contributed by atoms with Crippen LogP contribution in [0.2, 0.25) is 0 Å². The first-order chi connectivity index (χ1) is 8.78. The molecule has 1 aromatic rings. The van der Waals surface area contributed by atoms with Crippen LogP contribution in [0.25, 0.3) is 0 Å². The zero-order valence-electron chi connectivity index (χ0n) is 10.3. The van der Waals surface area contributed by atoms with Crippen LogP contribution in [0.5, 0.6) is 5.88 Å². The van der Waals surface area contributed by atoms with Crippen LogP contribution in [0.3, 0.4) is 0 Å². The van der Waals surface area contributed by atoms with E-state index in [4.69, 9.17) is 21.7 Å². The first-order valence-corrected chi connectivity index (χ1v) is 6.35. The molecule has 0 bridgehead atoms. The summed E-state index contributed by atoms with van der Waals surface area (Å²) < 4.78 is 10.5. The third kappa shape index (κ3) is 3.82. The molecule has 0 spiro atoms. The topological polar surface area (TPSA) is 55.4 Å². The summed E-state index contributed by atoms with van der Waals surface area (Å²) in [5.74, 6) is 0.582. The van der Waals surface area contributed by atoms with Crippen LogP contribution in [-0.2, 0) is 4.74 Å². The van der Waals surface area contributed by atoms with Gasteiger partial charge in [-0.15, -0.1) is 0 Å². The van der Waals surface area contributed by atoms with Gasteiger partial charge >= 0.3 is 0 Å². The monoisotopic (exact) mass is 267 g/mol. The number of rotatable bonds is 4. The van der Waals surface area contributed by atoms with Crippen molar-refractivity contribution in [2.24, 2.45) is 0 Å². The van der Waals surface area contributed by atoms with Gasteiger partial charge in [-0.2, -0.15) is 0 Å². The molecule has 0 amide bonds. The number of ether oxygens (including phenoxy) is 2. The fraction of sp³-hybridized carbons (Fsp3) is 0.500. The molecule has 1 aromatic heterocycles. The molecule has 6 heteroatoms. The highest BCUT2D eigenvalue weighted by Gasteiger charge is 2.15. The van der Waals surface area contributed by atoms with Crippen molar-refractivity contribution in [1.82, 2.24) is 10.3 Å². The lowest BCUT2D eigenvalue weighted by Crippen LogP contribution is -2.34. The third-order valence-corrected chi connectivity index (χ3v) is 2.96. The van der Waals surface area contributed by atoms with E-state index in [2.05, 4.69) is 15.6 Å². The van der Waals surface area contributed by atoms with Crippen LogP contribution >= 0.6 is 12.2 Å². The summed E-state index contributed by atoms with van der Waals surface area (Å²) in [5, 5.41) is 6.78. The number of methoxy groups -OCH3 is 1. The number of hydrogen-bond acceptors (Lipinski definition) is 4. The van der Waals surface area contributed by atoms with Gasteiger partial charge in [0.1, 0.15) is 0 Å². The van der Waals surface area contributed by atoms with E-state index in [1.807, 2.05) is 6.07 Å². The van der Waals surface area contributed by atoms with Crippen molar-refractivity contribution >= 4 is 23.0 Å². The summed E-state index contributed by atoms with van der Waals surface area (Å²) in [6.07, 6.45) is 4.19. The molecule has 98 valence electrons. The maximum atomic E-state index is 5.51. The van der Waals surface area contributed by atoms with E-state index in [-0.39, 0.29) is 6.10 Å². The fourth-order valence-electron chi connectivity index (χ4n) is 1.76. The third-order valence-electron chi connectivity index (χ3n) is 2.72. The Labute approximate surface area is 112 Å². The lowest BCUT2D eigenvalue weighted by molar-refractivity contribution is 0.114. The van der Waals surface area contributed by atoms with E-state index >= 15 is 0 Å². The molecule has 2 heterocycles. The second kappa shape index (κ2) is 6.51. The van der Waals surface area contributed by atoms with Gasteiger partial charge in [0.05, 0.1) is 25.1 Å². The highest BCUT2D eigenvalue weighted by molar-refractivity contribution is 7.80. The summed E-state index contributed by atoms with van der Waals surface area (Å²) in [5.41, 5.74) is 0.834. The highest BCUT2D eigenvalue weighted by atomic mass is 32.1. The van der Waals surface area contributed by atoms with Crippen LogP contribution in [0.15, 0.2) is 18.3 Å². The van der Waals surface area contributed by atoms with E-state index in [9.17, 15) is 0 Å². The quantitative estimate of drug-likeness (QED) is 0.807. The number of nitrogens with zero attached hydrogens (tertiary/aromatic N) is 1. The largest absolute Gasteiger partial charge is 0.481 e. The number of aromatic nitrogens is 1. The predicted octanol–water partition coefficient (Wildman–Crippen LogP) is 1.56. The minimum Gasteiger partial charge on any atom is -0.481 e. The zero-order chi connectivity index (χ0) is 12.8. The van der Waals surface area contributed by atoms with E-state index in [0.29, 0.717) is 11.0 Å². The Morgan fingerprint density at radius 1 is 1.61 bits per heavy atom. The molecule has 1 fully saturated rings. The molecule has 1 saturated heterocycles. The van der Waals surface area contributed by atoms with E-state index in [1.165, 1.54) is 0 Å². The lowest BCUT2D eigenvalue weighted by Gasteiger charge is -2.13. The van der Waals surface area contributed by atoms with Crippen molar-refractivity contribution < 1.29 is 9.47 Å². The Morgan fingerprint density at radius 2 is 2.50 bits per heavy atom. The van der Waals surface area contributed by atoms with Gasteiger partial charge in [0.25, 0.3) is 0 Å². The second-order valence-electron chi connectivity index (χ2n) is 4.06. The van der Waals surface area contributed by atoms with Crippen molar-refractivity contribution in [2.75, 3.05) is 25.6 Å². The van der Waals surface area contributed by atoms with Crippen LogP contribution in [0.4, 0.5) is 5.69 Å². The average molecular weight is 267 g/mol. The standard InChI is InChI=1S/C12H17N3O2S/c1-16-11-5-4-9(7-13-11)15-12(18)14-8-10-3-2-6-17-10/h4-5,7,10H,2-3,6,8H2,1H3,(H2,14,15,18)/t10-/m1/s1. The molecule has 2 rings (SSSR count). The summed E-state index contributed by atoms with van der Waals surface area (Å²) in [6, 6.07) is 3.65. The minimum absolute atomic E-state index is 0.277. The normalized spacial score (nSPS) is 18.4. The molecular weight excluding hydrogens is 250 g/mol. The van der Waals surface area contributed by atoms with Crippen LogP contribution < -0.4 is 15.4 Å². The van der Waals surface area contributed by atoms with Crippen LogP contribution in [0, 0.1) is 0 Å². The first-order valence-electron chi connectivity index (χ1n) is 5.94. The van der Waals surface area contributed by atoms with Gasteiger partial charge in [-0.1, -0.05) is 0 Å². The Bertz CT molecular complexity index is 391. The Hall–Kier alpha value is -1.40. The zero-order valence-corrected chi connectivity index (χ0v) is 11.1. The molecule has 18 heavy (non-hydrogen) atoms. The number of nitrogens with one attached hydrogen (secondary N) is 2. The SMILES string of the molecule is COc1ccc(NC(=S)NC[C@H]2CCCO2)cn1. The van der Waals surface area contributed by atoms with Crippen molar-refractivity contribution in [3.8, 4) is 5.88 Å². The van der Waals surface area contributed by atoms with E-state index < -0.39 is 0 Å². The molecule has 1 atom stereocenters. The summed E-state index contributed by atoms with van der Waals surface area (Å²) in [7, 11) is 1.59. The lowest BCUT2D eigenvalue weighted by atomic mass is 10.2. The van der Waals surface area contributed by atoms with Gasteiger partial charge in [0, 0.05) is 19.2 Å². The molecule has 1 aliphatic heterocycles. The molecule has 0 radical (unpaired) electrons. The first kappa shape index (κ1) is 13.0. The van der Waals surface area contributed by atoms with Crippen LogP contribution in [0.1, 0.15) is 12.8 Å². The fourth-order valence-corrected chi connectivity index (χ4v) is 1.96. The number of pyridine rings is 1. The smallest absolute Gasteiger partial charge is 0.213 e. The van der Waals surface area contributed by atoms with Crippen molar-refractivity contribution in [1.29, 1.82) is 0 Å². The summed E-state index contributed by atoms with van der Waals surface area (Å²) in [4.78, 5) is 4.09. The van der Waals surface area contributed by atoms with Crippen LogP contribution in [-0.4, -0.2) is 36.5 Å². The van der Waals surface area contributed by atoms with Gasteiger partial charge < -0.3 is 20.1 Å². The summed E-state index contributed by atoms with van der Waals surface area (Å²) >= 11 is 5.20. The van der Waals surface area contributed by atoms with Crippen molar-refractivity contribution in [3.05, 3.63) is 18.3 Å².